The SMILES string of the molecule is CC1(CO)OC=CC(=O)O1. The molecule has 0 bridgehead atoms. The molecule has 0 saturated heterocycles. The minimum absolute atomic E-state index is 0.344. The number of aliphatic hydroxyl groups excluding tert-OH is 1. The van der Waals surface area contributed by atoms with Crippen LogP contribution in [0, 0.1) is 0 Å². The number of carbonyl (C=O) groups excluding carboxylic acids is 1. The zero-order chi connectivity index (χ0) is 7.61. The molecule has 0 aromatic heterocycles. The van der Waals surface area contributed by atoms with E-state index in [4.69, 9.17) is 9.84 Å². The van der Waals surface area contributed by atoms with Gasteiger partial charge in [-0.25, -0.2) is 4.79 Å². The van der Waals surface area contributed by atoms with E-state index in [9.17, 15) is 4.79 Å². The topological polar surface area (TPSA) is 55.8 Å². The molecule has 1 atom stereocenters. The van der Waals surface area contributed by atoms with Crippen molar-refractivity contribution in [3.63, 3.8) is 0 Å². The maximum atomic E-state index is 10.5. The summed E-state index contributed by atoms with van der Waals surface area (Å²) in [7, 11) is 0. The summed E-state index contributed by atoms with van der Waals surface area (Å²) < 4.78 is 9.44. The van der Waals surface area contributed by atoms with Crippen LogP contribution in [-0.4, -0.2) is 23.5 Å². The molecule has 1 rings (SSSR count). The van der Waals surface area contributed by atoms with Gasteiger partial charge >= 0.3 is 5.97 Å². The third kappa shape index (κ3) is 1.27. The molecule has 4 heteroatoms. The summed E-state index contributed by atoms with van der Waals surface area (Å²) in [5, 5.41) is 8.63. The Balaban J connectivity index is 2.67. The van der Waals surface area contributed by atoms with Crippen LogP contribution < -0.4 is 0 Å². The minimum Gasteiger partial charge on any atom is -0.458 e. The van der Waals surface area contributed by atoms with Gasteiger partial charge in [-0.05, 0) is 0 Å². The maximum Gasteiger partial charge on any atom is 0.337 e. The average molecular weight is 144 g/mol. The van der Waals surface area contributed by atoms with Gasteiger partial charge in [0.2, 0.25) is 0 Å². The van der Waals surface area contributed by atoms with Crippen LogP contribution in [-0.2, 0) is 14.3 Å². The van der Waals surface area contributed by atoms with Crippen LogP contribution in [0.25, 0.3) is 0 Å². The summed E-state index contributed by atoms with van der Waals surface area (Å²) >= 11 is 0. The highest BCUT2D eigenvalue weighted by Gasteiger charge is 2.30. The molecule has 1 N–H and O–H groups in total. The maximum absolute atomic E-state index is 10.5. The average Bonchev–Trinajstić information content (AvgIpc) is 1.88. The molecule has 0 amide bonds. The zero-order valence-corrected chi connectivity index (χ0v) is 5.53. The Bertz CT molecular complexity index is 175. The smallest absolute Gasteiger partial charge is 0.337 e. The van der Waals surface area contributed by atoms with Gasteiger partial charge in [0.25, 0.3) is 5.79 Å². The summed E-state index contributed by atoms with van der Waals surface area (Å²) in [4.78, 5) is 10.5. The second kappa shape index (κ2) is 2.30. The summed E-state index contributed by atoms with van der Waals surface area (Å²) in [6.07, 6.45) is 2.36. The van der Waals surface area contributed by atoms with Gasteiger partial charge in [-0.1, -0.05) is 0 Å². The van der Waals surface area contributed by atoms with Gasteiger partial charge in [-0.2, -0.15) is 0 Å². The Morgan fingerprint density at radius 1 is 1.80 bits per heavy atom. The lowest BCUT2D eigenvalue weighted by Crippen LogP contribution is -2.38. The summed E-state index contributed by atoms with van der Waals surface area (Å²) in [5.74, 6) is -1.69. The van der Waals surface area contributed by atoms with Gasteiger partial charge < -0.3 is 14.6 Å². The second-order valence-electron chi connectivity index (χ2n) is 2.13. The summed E-state index contributed by atoms with van der Waals surface area (Å²) in [6.45, 7) is 1.14. The van der Waals surface area contributed by atoms with Crippen molar-refractivity contribution in [1.29, 1.82) is 0 Å². The molecule has 10 heavy (non-hydrogen) atoms. The van der Waals surface area contributed by atoms with E-state index in [1.165, 1.54) is 13.2 Å². The quantitative estimate of drug-likeness (QED) is 0.517. The largest absolute Gasteiger partial charge is 0.458 e. The predicted molar refractivity (Wildman–Crippen MR) is 31.8 cm³/mol. The molecule has 0 aromatic rings. The number of cyclic esters (lactones) is 1. The second-order valence-corrected chi connectivity index (χ2v) is 2.13. The van der Waals surface area contributed by atoms with Crippen LogP contribution in [0.2, 0.25) is 0 Å². The number of esters is 1. The molecule has 0 saturated carbocycles. The first-order chi connectivity index (χ1) is 4.66. The zero-order valence-electron chi connectivity index (χ0n) is 5.53. The lowest BCUT2D eigenvalue weighted by atomic mass is 10.3. The standard InChI is InChI=1S/C6H8O4/c1-6(4-7)9-3-2-5(8)10-6/h2-3,7H,4H2,1H3. The molecular weight excluding hydrogens is 136 g/mol. The van der Waals surface area contributed by atoms with Crippen molar-refractivity contribution in [2.24, 2.45) is 0 Å². The Morgan fingerprint density at radius 2 is 2.50 bits per heavy atom. The molecule has 0 fully saturated rings. The van der Waals surface area contributed by atoms with Crippen LogP contribution in [0.3, 0.4) is 0 Å². The summed E-state index contributed by atoms with van der Waals surface area (Å²) in [6, 6.07) is 0. The van der Waals surface area contributed by atoms with Crippen molar-refractivity contribution in [2.45, 2.75) is 12.7 Å². The first-order valence-electron chi connectivity index (χ1n) is 2.84. The van der Waals surface area contributed by atoms with Crippen LogP contribution in [0.4, 0.5) is 0 Å². The normalized spacial score (nSPS) is 31.2. The Hall–Kier alpha value is -1.03. The third-order valence-corrected chi connectivity index (χ3v) is 1.13. The van der Waals surface area contributed by atoms with E-state index in [0.29, 0.717) is 0 Å². The van der Waals surface area contributed by atoms with E-state index in [1.54, 1.807) is 0 Å². The van der Waals surface area contributed by atoms with E-state index in [1.807, 2.05) is 0 Å². The molecule has 0 aliphatic carbocycles. The minimum atomic E-state index is -1.19. The number of hydrogen-bond acceptors (Lipinski definition) is 4. The molecule has 4 nitrogen and oxygen atoms in total. The third-order valence-electron chi connectivity index (χ3n) is 1.13. The van der Waals surface area contributed by atoms with Crippen molar-refractivity contribution in [2.75, 3.05) is 6.61 Å². The van der Waals surface area contributed by atoms with Crippen LogP contribution in [0.1, 0.15) is 6.92 Å². The van der Waals surface area contributed by atoms with Gasteiger partial charge in [-0.15, -0.1) is 0 Å². The van der Waals surface area contributed by atoms with E-state index in [2.05, 4.69) is 4.74 Å². The van der Waals surface area contributed by atoms with Crippen molar-refractivity contribution in [3.8, 4) is 0 Å². The summed E-state index contributed by atoms with van der Waals surface area (Å²) in [5.41, 5.74) is 0. The highest BCUT2D eigenvalue weighted by molar-refractivity contribution is 5.82. The predicted octanol–water partition coefficient (Wildman–Crippen LogP) is -0.218. The first-order valence-corrected chi connectivity index (χ1v) is 2.84. The van der Waals surface area contributed by atoms with E-state index >= 15 is 0 Å². The number of aliphatic hydroxyl groups is 1. The van der Waals surface area contributed by atoms with E-state index in [-0.39, 0.29) is 6.61 Å². The lowest BCUT2D eigenvalue weighted by molar-refractivity contribution is -0.219. The highest BCUT2D eigenvalue weighted by atomic mass is 16.7. The number of rotatable bonds is 1. The molecular formula is C6H8O4. The highest BCUT2D eigenvalue weighted by Crippen LogP contribution is 2.16. The molecule has 0 spiro atoms. The Labute approximate surface area is 58.1 Å². The number of carbonyl (C=O) groups is 1. The number of hydrogen-bond donors (Lipinski definition) is 1. The molecule has 0 aromatic carbocycles. The lowest BCUT2D eigenvalue weighted by Gasteiger charge is -2.28. The van der Waals surface area contributed by atoms with Crippen LogP contribution in [0.5, 0.6) is 0 Å². The van der Waals surface area contributed by atoms with E-state index < -0.39 is 11.8 Å². The monoisotopic (exact) mass is 144 g/mol. The van der Waals surface area contributed by atoms with Crippen molar-refractivity contribution < 1.29 is 19.4 Å². The Morgan fingerprint density at radius 3 is 2.90 bits per heavy atom. The molecule has 1 unspecified atom stereocenters. The fraction of sp³-hybridized carbons (Fsp3) is 0.500. The molecule has 1 heterocycles. The van der Waals surface area contributed by atoms with Gasteiger partial charge in [0, 0.05) is 6.92 Å². The van der Waals surface area contributed by atoms with Gasteiger partial charge in [-0.3, -0.25) is 0 Å². The fourth-order valence-electron chi connectivity index (χ4n) is 0.574. The van der Waals surface area contributed by atoms with Gasteiger partial charge in [0.05, 0.1) is 12.3 Å². The van der Waals surface area contributed by atoms with Crippen molar-refractivity contribution in [3.05, 3.63) is 12.3 Å². The molecule has 56 valence electrons. The van der Waals surface area contributed by atoms with Gasteiger partial charge in [0.15, 0.2) is 0 Å². The van der Waals surface area contributed by atoms with Crippen LogP contribution >= 0.6 is 0 Å². The molecule has 1 aliphatic rings. The van der Waals surface area contributed by atoms with Crippen LogP contribution in [0.15, 0.2) is 12.3 Å². The number of ether oxygens (including phenoxy) is 2. The Kier molecular flexibility index (Phi) is 1.63. The first kappa shape index (κ1) is 7.08. The van der Waals surface area contributed by atoms with Crippen molar-refractivity contribution in [1.82, 2.24) is 0 Å². The van der Waals surface area contributed by atoms with Crippen molar-refractivity contribution >= 4 is 5.97 Å². The molecule has 0 radical (unpaired) electrons. The van der Waals surface area contributed by atoms with Gasteiger partial charge in [0.1, 0.15) is 6.61 Å². The van der Waals surface area contributed by atoms with E-state index in [0.717, 1.165) is 6.08 Å². The molecule has 1 aliphatic heterocycles. The fourth-order valence-corrected chi connectivity index (χ4v) is 0.574.